The SMILES string of the molecule is CCCc1nc(Cl)cc(N2C3CCC2CC(O)C3)n1. The van der Waals surface area contributed by atoms with Gasteiger partial charge in [-0.2, -0.15) is 0 Å². The molecule has 1 aromatic heterocycles. The zero-order chi connectivity index (χ0) is 13.4. The molecule has 2 saturated heterocycles. The maximum Gasteiger partial charge on any atom is 0.134 e. The van der Waals surface area contributed by atoms with E-state index in [4.69, 9.17) is 11.6 Å². The average molecular weight is 282 g/mol. The van der Waals surface area contributed by atoms with Gasteiger partial charge in [-0.25, -0.2) is 9.97 Å². The van der Waals surface area contributed by atoms with Gasteiger partial charge in [0.05, 0.1) is 6.10 Å². The van der Waals surface area contributed by atoms with Gasteiger partial charge in [0.15, 0.2) is 0 Å². The van der Waals surface area contributed by atoms with E-state index >= 15 is 0 Å². The van der Waals surface area contributed by atoms with E-state index in [-0.39, 0.29) is 6.10 Å². The van der Waals surface area contributed by atoms with Gasteiger partial charge in [0, 0.05) is 24.6 Å². The van der Waals surface area contributed by atoms with Crippen molar-refractivity contribution < 1.29 is 5.11 Å². The smallest absolute Gasteiger partial charge is 0.134 e. The molecule has 3 heterocycles. The van der Waals surface area contributed by atoms with Gasteiger partial charge in [0.25, 0.3) is 0 Å². The maximum atomic E-state index is 9.86. The van der Waals surface area contributed by atoms with Crippen molar-refractivity contribution in [1.29, 1.82) is 0 Å². The molecule has 2 aliphatic rings. The summed E-state index contributed by atoms with van der Waals surface area (Å²) in [7, 11) is 0. The van der Waals surface area contributed by atoms with Gasteiger partial charge < -0.3 is 10.0 Å². The Labute approximate surface area is 118 Å². The molecule has 0 radical (unpaired) electrons. The molecule has 5 heteroatoms. The third-order valence-electron chi connectivity index (χ3n) is 4.17. The van der Waals surface area contributed by atoms with E-state index < -0.39 is 0 Å². The highest BCUT2D eigenvalue weighted by molar-refractivity contribution is 6.29. The first kappa shape index (κ1) is 13.1. The molecule has 0 amide bonds. The number of aliphatic hydroxyl groups is 1. The second kappa shape index (κ2) is 5.25. The van der Waals surface area contributed by atoms with Crippen molar-refractivity contribution in [2.75, 3.05) is 4.90 Å². The fourth-order valence-electron chi connectivity index (χ4n) is 3.44. The van der Waals surface area contributed by atoms with E-state index in [1.807, 2.05) is 6.07 Å². The fourth-order valence-corrected chi connectivity index (χ4v) is 3.64. The molecule has 104 valence electrons. The standard InChI is InChI=1S/C14H20ClN3O/c1-2-3-13-16-12(15)8-14(17-13)18-9-4-5-10(18)7-11(19)6-9/h8-11,19H,2-7H2,1H3. The Morgan fingerprint density at radius 1 is 1.32 bits per heavy atom. The summed E-state index contributed by atoms with van der Waals surface area (Å²) in [5, 5.41) is 10.4. The van der Waals surface area contributed by atoms with Crippen LogP contribution in [-0.2, 0) is 6.42 Å². The second-order valence-electron chi connectivity index (χ2n) is 5.63. The van der Waals surface area contributed by atoms with Gasteiger partial charge in [-0.3, -0.25) is 0 Å². The molecule has 0 aromatic carbocycles. The lowest BCUT2D eigenvalue weighted by atomic mass is 10.00. The van der Waals surface area contributed by atoms with Crippen molar-refractivity contribution in [1.82, 2.24) is 9.97 Å². The van der Waals surface area contributed by atoms with Gasteiger partial charge in [-0.15, -0.1) is 0 Å². The third-order valence-corrected chi connectivity index (χ3v) is 4.37. The lowest BCUT2D eigenvalue weighted by molar-refractivity contribution is 0.126. The number of hydrogen-bond acceptors (Lipinski definition) is 4. The fraction of sp³-hybridized carbons (Fsp3) is 0.714. The van der Waals surface area contributed by atoms with E-state index in [1.165, 1.54) is 0 Å². The number of halogens is 1. The number of nitrogens with zero attached hydrogens (tertiary/aromatic N) is 3. The number of aryl methyl sites for hydroxylation is 1. The molecule has 2 fully saturated rings. The number of aromatic nitrogens is 2. The summed E-state index contributed by atoms with van der Waals surface area (Å²) in [5.41, 5.74) is 0. The van der Waals surface area contributed by atoms with E-state index in [0.717, 1.165) is 50.2 Å². The summed E-state index contributed by atoms with van der Waals surface area (Å²) in [6, 6.07) is 2.69. The Bertz CT molecular complexity index is 454. The van der Waals surface area contributed by atoms with Crippen LogP contribution in [0.4, 0.5) is 5.82 Å². The molecule has 0 spiro atoms. The Hall–Kier alpha value is -0.870. The van der Waals surface area contributed by atoms with Crippen LogP contribution in [0.25, 0.3) is 0 Å². The Kier molecular flexibility index (Phi) is 3.63. The minimum atomic E-state index is -0.152. The number of aliphatic hydroxyl groups excluding tert-OH is 1. The summed E-state index contributed by atoms with van der Waals surface area (Å²) in [4.78, 5) is 11.3. The van der Waals surface area contributed by atoms with Gasteiger partial charge in [0.1, 0.15) is 16.8 Å². The minimum absolute atomic E-state index is 0.152. The number of fused-ring (bicyclic) bond motifs is 2. The Balaban J connectivity index is 1.90. The summed E-state index contributed by atoms with van der Waals surface area (Å²) >= 11 is 6.12. The summed E-state index contributed by atoms with van der Waals surface area (Å²) in [6.45, 7) is 2.12. The third kappa shape index (κ3) is 2.56. The highest BCUT2D eigenvalue weighted by Gasteiger charge is 2.41. The molecule has 2 aliphatic heterocycles. The normalized spacial score (nSPS) is 29.8. The monoisotopic (exact) mass is 281 g/mol. The van der Waals surface area contributed by atoms with Crippen LogP contribution in [0.2, 0.25) is 5.15 Å². The number of piperidine rings is 1. The molecule has 4 nitrogen and oxygen atoms in total. The average Bonchev–Trinajstić information content (AvgIpc) is 2.61. The van der Waals surface area contributed by atoms with Crippen molar-refractivity contribution in [2.45, 2.75) is 63.6 Å². The lowest BCUT2D eigenvalue weighted by Crippen LogP contribution is -2.45. The molecule has 0 aliphatic carbocycles. The van der Waals surface area contributed by atoms with Crippen LogP contribution in [-0.4, -0.2) is 33.3 Å². The van der Waals surface area contributed by atoms with E-state index in [1.54, 1.807) is 0 Å². The number of hydrogen-bond donors (Lipinski definition) is 1. The van der Waals surface area contributed by atoms with Crippen molar-refractivity contribution in [3.05, 3.63) is 17.0 Å². The first-order valence-electron chi connectivity index (χ1n) is 7.17. The highest BCUT2D eigenvalue weighted by Crippen LogP contribution is 2.39. The molecular weight excluding hydrogens is 262 g/mol. The number of anilines is 1. The number of rotatable bonds is 3. The highest BCUT2D eigenvalue weighted by atomic mass is 35.5. The molecule has 3 rings (SSSR count). The summed E-state index contributed by atoms with van der Waals surface area (Å²) in [5.74, 6) is 1.78. The first-order chi connectivity index (χ1) is 9.17. The van der Waals surface area contributed by atoms with Crippen molar-refractivity contribution in [3.63, 3.8) is 0 Å². The van der Waals surface area contributed by atoms with Crippen LogP contribution in [0.15, 0.2) is 6.07 Å². The van der Waals surface area contributed by atoms with Crippen LogP contribution < -0.4 is 4.90 Å². The Morgan fingerprint density at radius 2 is 2.00 bits per heavy atom. The molecule has 2 bridgehead atoms. The maximum absolute atomic E-state index is 9.86. The molecule has 19 heavy (non-hydrogen) atoms. The molecule has 1 aromatic rings. The summed E-state index contributed by atoms with van der Waals surface area (Å²) < 4.78 is 0. The lowest BCUT2D eigenvalue weighted by Gasteiger charge is -2.38. The zero-order valence-electron chi connectivity index (χ0n) is 11.2. The summed E-state index contributed by atoms with van der Waals surface area (Å²) in [6.07, 6.45) is 5.72. The molecule has 2 atom stereocenters. The zero-order valence-corrected chi connectivity index (χ0v) is 12.0. The van der Waals surface area contributed by atoms with Gasteiger partial charge in [-0.1, -0.05) is 18.5 Å². The van der Waals surface area contributed by atoms with Crippen molar-refractivity contribution >= 4 is 17.4 Å². The first-order valence-corrected chi connectivity index (χ1v) is 7.55. The van der Waals surface area contributed by atoms with Gasteiger partial charge in [0.2, 0.25) is 0 Å². The predicted molar refractivity (Wildman–Crippen MR) is 75.6 cm³/mol. The van der Waals surface area contributed by atoms with Crippen LogP contribution in [0, 0.1) is 0 Å². The quantitative estimate of drug-likeness (QED) is 0.865. The van der Waals surface area contributed by atoms with Crippen LogP contribution in [0.5, 0.6) is 0 Å². The molecule has 0 saturated carbocycles. The topological polar surface area (TPSA) is 49.2 Å². The van der Waals surface area contributed by atoms with Crippen LogP contribution in [0.3, 0.4) is 0 Å². The molecule has 2 unspecified atom stereocenters. The van der Waals surface area contributed by atoms with Crippen molar-refractivity contribution in [2.24, 2.45) is 0 Å². The van der Waals surface area contributed by atoms with Crippen LogP contribution >= 0.6 is 11.6 Å². The molecule has 1 N–H and O–H groups in total. The van der Waals surface area contributed by atoms with Crippen molar-refractivity contribution in [3.8, 4) is 0 Å². The largest absolute Gasteiger partial charge is 0.393 e. The minimum Gasteiger partial charge on any atom is -0.393 e. The predicted octanol–water partition coefficient (Wildman–Crippen LogP) is 2.57. The van der Waals surface area contributed by atoms with E-state index in [2.05, 4.69) is 21.8 Å². The van der Waals surface area contributed by atoms with E-state index in [0.29, 0.717) is 17.2 Å². The van der Waals surface area contributed by atoms with Gasteiger partial charge >= 0.3 is 0 Å². The Morgan fingerprint density at radius 3 is 2.63 bits per heavy atom. The molecular formula is C14H20ClN3O. The van der Waals surface area contributed by atoms with E-state index in [9.17, 15) is 5.11 Å². The second-order valence-corrected chi connectivity index (χ2v) is 6.02. The van der Waals surface area contributed by atoms with Gasteiger partial charge in [-0.05, 0) is 32.1 Å². The van der Waals surface area contributed by atoms with Crippen LogP contribution in [0.1, 0.15) is 44.9 Å².